The molecule has 0 radical (unpaired) electrons. The van der Waals surface area contributed by atoms with Gasteiger partial charge in [0.2, 0.25) is 5.92 Å². The maximum absolute atomic E-state index is 12.8. The molecular formula is C10H17F2NO. The van der Waals surface area contributed by atoms with E-state index in [9.17, 15) is 8.78 Å². The molecule has 2 fully saturated rings. The molecule has 0 bridgehead atoms. The summed E-state index contributed by atoms with van der Waals surface area (Å²) in [4.78, 5) is 0. The van der Waals surface area contributed by atoms with Crippen molar-refractivity contribution >= 4 is 0 Å². The summed E-state index contributed by atoms with van der Waals surface area (Å²) in [6.07, 6.45) is 2.30. The Hall–Kier alpha value is -0.220. The third-order valence-corrected chi connectivity index (χ3v) is 3.12. The number of rotatable bonds is 2. The van der Waals surface area contributed by atoms with Gasteiger partial charge in [0.05, 0.1) is 6.61 Å². The van der Waals surface area contributed by atoms with Crippen LogP contribution in [0.5, 0.6) is 0 Å². The molecule has 0 amide bonds. The number of hydrogen-bond acceptors (Lipinski definition) is 2. The van der Waals surface area contributed by atoms with Gasteiger partial charge in [0, 0.05) is 31.5 Å². The molecule has 1 aliphatic heterocycles. The van der Waals surface area contributed by atoms with Crippen LogP contribution in [0.1, 0.15) is 32.1 Å². The highest BCUT2D eigenvalue weighted by molar-refractivity contribution is 4.84. The Bertz CT molecular complexity index is 183. The summed E-state index contributed by atoms with van der Waals surface area (Å²) in [5.74, 6) is -2.41. The highest BCUT2D eigenvalue weighted by atomic mass is 19.3. The van der Waals surface area contributed by atoms with E-state index in [1.165, 1.54) is 0 Å². The van der Waals surface area contributed by atoms with Gasteiger partial charge in [-0.3, -0.25) is 0 Å². The Morgan fingerprint density at radius 1 is 1.07 bits per heavy atom. The lowest BCUT2D eigenvalue weighted by molar-refractivity contribution is -0.0412. The highest BCUT2D eigenvalue weighted by Gasteiger charge is 2.35. The van der Waals surface area contributed by atoms with Crippen LogP contribution in [-0.2, 0) is 4.74 Å². The Morgan fingerprint density at radius 3 is 2.36 bits per heavy atom. The fraction of sp³-hybridized carbons (Fsp3) is 1.00. The molecule has 1 N–H and O–H groups in total. The summed E-state index contributed by atoms with van der Waals surface area (Å²) < 4.78 is 30.9. The van der Waals surface area contributed by atoms with E-state index in [-0.39, 0.29) is 18.9 Å². The molecule has 0 aromatic carbocycles. The van der Waals surface area contributed by atoms with Crippen LogP contribution >= 0.6 is 0 Å². The Morgan fingerprint density at radius 2 is 1.79 bits per heavy atom. The number of alkyl halides is 2. The summed E-state index contributed by atoms with van der Waals surface area (Å²) in [6, 6.07) is 0.674. The normalized spacial score (nSPS) is 33.4. The van der Waals surface area contributed by atoms with Gasteiger partial charge in [0.1, 0.15) is 0 Å². The summed E-state index contributed by atoms with van der Waals surface area (Å²) in [5, 5.41) is 3.40. The molecule has 1 saturated heterocycles. The molecule has 82 valence electrons. The minimum atomic E-state index is -2.41. The van der Waals surface area contributed by atoms with Crippen molar-refractivity contribution < 1.29 is 13.5 Å². The lowest BCUT2D eigenvalue weighted by atomic mass is 9.92. The molecule has 14 heavy (non-hydrogen) atoms. The van der Waals surface area contributed by atoms with Gasteiger partial charge in [0.15, 0.2) is 0 Å². The molecule has 0 aromatic heterocycles. The first-order chi connectivity index (χ1) is 6.66. The molecule has 2 rings (SSSR count). The molecule has 0 aromatic rings. The Balaban J connectivity index is 1.72. The fourth-order valence-electron chi connectivity index (χ4n) is 2.21. The van der Waals surface area contributed by atoms with E-state index in [0.29, 0.717) is 18.9 Å². The third-order valence-electron chi connectivity index (χ3n) is 3.12. The second-order valence-electron chi connectivity index (χ2n) is 4.36. The molecule has 1 aliphatic carbocycles. The number of ether oxygens (including phenoxy) is 1. The largest absolute Gasteiger partial charge is 0.380 e. The zero-order valence-electron chi connectivity index (χ0n) is 8.27. The van der Waals surface area contributed by atoms with Crippen LogP contribution in [0.3, 0.4) is 0 Å². The highest BCUT2D eigenvalue weighted by Crippen LogP contribution is 2.33. The van der Waals surface area contributed by atoms with Crippen LogP contribution in [0.25, 0.3) is 0 Å². The minimum Gasteiger partial charge on any atom is -0.380 e. The molecule has 1 heterocycles. The predicted octanol–water partition coefficient (Wildman–Crippen LogP) is 1.94. The molecule has 2 aliphatic rings. The zero-order chi connectivity index (χ0) is 10.0. The van der Waals surface area contributed by atoms with Crippen molar-refractivity contribution in [2.24, 2.45) is 0 Å². The summed E-state index contributed by atoms with van der Waals surface area (Å²) >= 11 is 0. The monoisotopic (exact) mass is 205 g/mol. The van der Waals surface area contributed by atoms with Crippen molar-refractivity contribution in [1.29, 1.82) is 0 Å². The fourth-order valence-corrected chi connectivity index (χ4v) is 2.21. The van der Waals surface area contributed by atoms with Crippen molar-refractivity contribution in [3.8, 4) is 0 Å². The van der Waals surface area contributed by atoms with Gasteiger partial charge >= 0.3 is 0 Å². The standard InChI is InChI=1S/C10H17F2NO/c11-10(12)4-1-8(2-5-10)13-9-3-6-14-7-9/h8-9,13H,1-7H2/t9-/m1/s1. The first-order valence-electron chi connectivity index (χ1n) is 5.37. The number of nitrogens with one attached hydrogen (secondary N) is 1. The van der Waals surface area contributed by atoms with E-state index in [4.69, 9.17) is 4.74 Å². The van der Waals surface area contributed by atoms with E-state index in [2.05, 4.69) is 5.32 Å². The summed E-state index contributed by atoms with van der Waals surface area (Å²) in [5.41, 5.74) is 0. The average Bonchev–Trinajstić information content (AvgIpc) is 2.61. The van der Waals surface area contributed by atoms with E-state index in [1.807, 2.05) is 0 Å². The van der Waals surface area contributed by atoms with E-state index in [1.54, 1.807) is 0 Å². The van der Waals surface area contributed by atoms with E-state index >= 15 is 0 Å². The minimum absolute atomic E-state index is 0.0399. The van der Waals surface area contributed by atoms with Gasteiger partial charge in [-0.25, -0.2) is 8.78 Å². The van der Waals surface area contributed by atoms with Crippen LogP contribution in [0.15, 0.2) is 0 Å². The summed E-state index contributed by atoms with van der Waals surface area (Å²) in [7, 11) is 0. The van der Waals surface area contributed by atoms with Crippen LogP contribution in [0, 0.1) is 0 Å². The maximum Gasteiger partial charge on any atom is 0.248 e. The summed E-state index contributed by atoms with van der Waals surface area (Å²) in [6.45, 7) is 1.55. The second-order valence-corrected chi connectivity index (χ2v) is 4.36. The Kier molecular flexibility index (Phi) is 3.02. The topological polar surface area (TPSA) is 21.3 Å². The molecule has 0 unspecified atom stereocenters. The Labute approximate surface area is 83.0 Å². The molecule has 0 spiro atoms. The van der Waals surface area contributed by atoms with Crippen LogP contribution in [0.4, 0.5) is 8.78 Å². The molecule has 4 heteroatoms. The van der Waals surface area contributed by atoms with Crippen LogP contribution in [-0.4, -0.2) is 31.2 Å². The molecule has 1 saturated carbocycles. The van der Waals surface area contributed by atoms with Gasteiger partial charge in [0.25, 0.3) is 0 Å². The van der Waals surface area contributed by atoms with Crippen molar-refractivity contribution in [3.05, 3.63) is 0 Å². The van der Waals surface area contributed by atoms with Crippen molar-refractivity contribution in [2.75, 3.05) is 13.2 Å². The van der Waals surface area contributed by atoms with Crippen LogP contribution < -0.4 is 5.32 Å². The van der Waals surface area contributed by atoms with Crippen molar-refractivity contribution in [3.63, 3.8) is 0 Å². The second kappa shape index (κ2) is 4.11. The first kappa shape index (κ1) is 10.3. The smallest absolute Gasteiger partial charge is 0.248 e. The van der Waals surface area contributed by atoms with E-state index in [0.717, 1.165) is 19.6 Å². The number of halogens is 2. The third kappa shape index (κ3) is 2.64. The van der Waals surface area contributed by atoms with Gasteiger partial charge in [-0.2, -0.15) is 0 Å². The molecular weight excluding hydrogens is 188 g/mol. The predicted molar refractivity (Wildman–Crippen MR) is 49.6 cm³/mol. The van der Waals surface area contributed by atoms with Gasteiger partial charge < -0.3 is 10.1 Å². The molecule has 1 atom stereocenters. The van der Waals surface area contributed by atoms with Crippen LogP contribution in [0.2, 0.25) is 0 Å². The van der Waals surface area contributed by atoms with Gasteiger partial charge in [-0.15, -0.1) is 0 Å². The van der Waals surface area contributed by atoms with E-state index < -0.39 is 5.92 Å². The quantitative estimate of drug-likeness (QED) is 0.744. The molecule has 2 nitrogen and oxygen atoms in total. The van der Waals surface area contributed by atoms with Gasteiger partial charge in [-0.05, 0) is 19.3 Å². The lowest BCUT2D eigenvalue weighted by Crippen LogP contribution is -2.42. The van der Waals surface area contributed by atoms with Crippen molar-refractivity contribution in [2.45, 2.75) is 50.1 Å². The number of hydrogen-bond donors (Lipinski definition) is 1. The first-order valence-corrected chi connectivity index (χ1v) is 5.37. The van der Waals surface area contributed by atoms with Crippen molar-refractivity contribution in [1.82, 2.24) is 5.32 Å². The van der Waals surface area contributed by atoms with Gasteiger partial charge in [-0.1, -0.05) is 0 Å². The maximum atomic E-state index is 12.8. The average molecular weight is 205 g/mol. The lowest BCUT2D eigenvalue weighted by Gasteiger charge is -2.30. The zero-order valence-corrected chi connectivity index (χ0v) is 8.27. The SMILES string of the molecule is FC1(F)CCC(N[C@@H]2CCOC2)CC1.